The van der Waals surface area contributed by atoms with Gasteiger partial charge in [0.25, 0.3) is 0 Å². The normalized spacial score (nSPS) is 10.9. The maximum atomic E-state index is 5.76. The van der Waals surface area contributed by atoms with Crippen LogP contribution < -0.4 is 5.73 Å². The molecular formula is C17H21N. The second kappa shape index (κ2) is 5.83. The first-order chi connectivity index (χ1) is 8.70. The van der Waals surface area contributed by atoms with E-state index < -0.39 is 0 Å². The molecule has 1 heteroatoms. The van der Waals surface area contributed by atoms with E-state index in [0.29, 0.717) is 12.5 Å². The van der Waals surface area contributed by atoms with Gasteiger partial charge in [-0.2, -0.15) is 0 Å². The molecule has 2 N–H and O–H groups in total. The van der Waals surface area contributed by atoms with Gasteiger partial charge in [0, 0.05) is 5.92 Å². The van der Waals surface area contributed by atoms with Gasteiger partial charge in [-0.1, -0.05) is 59.7 Å². The highest BCUT2D eigenvalue weighted by atomic mass is 14.5. The predicted octanol–water partition coefficient (Wildman–Crippen LogP) is 3.78. The molecule has 0 amide bonds. The van der Waals surface area contributed by atoms with Gasteiger partial charge in [-0.05, 0) is 37.9 Å². The SMILES string of the molecule is Cc1ccc(C(CCN)c2ccc(C)cc2)cc1. The maximum Gasteiger partial charge on any atom is 0.0101 e. The molecule has 0 radical (unpaired) electrons. The molecule has 0 spiro atoms. The van der Waals surface area contributed by atoms with E-state index in [9.17, 15) is 0 Å². The van der Waals surface area contributed by atoms with Gasteiger partial charge in [-0.25, -0.2) is 0 Å². The Labute approximate surface area is 110 Å². The van der Waals surface area contributed by atoms with Gasteiger partial charge < -0.3 is 5.73 Å². The number of rotatable bonds is 4. The lowest BCUT2D eigenvalue weighted by molar-refractivity contribution is 0.726. The Hall–Kier alpha value is -1.60. The van der Waals surface area contributed by atoms with Crippen molar-refractivity contribution in [3.8, 4) is 0 Å². The van der Waals surface area contributed by atoms with E-state index in [1.807, 2.05) is 0 Å². The van der Waals surface area contributed by atoms with E-state index in [-0.39, 0.29) is 0 Å². The average Bonchev–Trinajstić information content (AvgIpc) is 2.39. The molecular weight excluding hydrogens is 218 g/mol. The molecule has 2 aromatic carbocycles. The predicted molar refractivity (Wildman–Crippen MR) is 77.9 cm³/mol. The summed E-state index contributed by atoms with van der Waals surface area (Å²) in [5.74, 6) is 0.413. The maximum absolute atomic E-state index is 5.76. The van der Waals surface area contributed by atoms with Gasteiger partial charge in [-0.15, -0.1) is 0 Å². The zero-order valence-electron chi connectivity index (χ0n) is 11.2. The lowest BCUT2D eigenvalue weighted by Crippen LogP contribution is -2.08. The lowest BCUT2D eigenvalue weighted by atomic mass is 9.88. The molecule has 94 valence electrons. The average molecular weight is 239 g/mol. The molecule has 0 fully saturated rings. The zero-order valence-corrected chi connectivity index (χ0v) is 11.2. The Morgan fingerprint density at radius 1 is 0.778 bits per heavy atom. The summed E-state index contributed by atoms with van der Waals surface area (Å²) in [6, 6.07) is 17.6. The first kappa shape index (κ1) is 12.8. The Morgan fingerprint density at radius 2 is 1.17 bits per heavy atom. The first-order valence-corrected chi connectivity index (χ1v) is 6.54. The van der Waals surface area contributed by atoms with Crippen LogP contribution in [0.4, 0.5) is 0 Å². The fraction of sp³-hybridized carbons (Fsp3) is 0.294. The van der Waals surface area contributed by atoms with Crippen LogP contribution in [-0.2, 0) is 0 Å². The van der Waals surface area contributed by atoms with E-state index in [4.69, 9.17) is 5.73 Å². The fourth-order valence-corrected chi connectivity index (χ4v) is 2.29. The standard InChI is InChI=1S/C17H21N/c1-13-3-7-15(8-4-13)17(11-12-18)16-9-5-14(2)6-10-16/h3-10,17H,11-12,18H2,1-2H3. The molecule has 0 aliphatic rings. The summed E-state index contributed by atoms with van der Waals surface area (Å²) in [4.78, 5) is 0. The van der Waals surface area contributed by atoms with Gasteiger partial charge in [0.1, 0.15) is 0 Å². The summed E-state index contributed by atoms with van der Waals surface area (Å²) in [6.07, 6.45) is 0.992. The molecule has 2 rings (SSSR count). The van der Waals surface area contributed by atoms with Crippen molar-refractivity contribution in [2.24, 2.45) is 5.73 Å². The number of benzene rings is 2. The van der Waals surface area contributed by atoms with E-state index in [1.54, 1.807) is 0 Å². The topological polar surface area (TPSA) is 26.0 Å². The minimum absolute atomic E-state index is 0.413. The highest BCUT2D eigenvalue weighted by Crippen LogP contribution is 2.27. The van der Waals surface area contributed by atoms with Crippen molar-refractivity contribution in [1.82, 2.24) is 0 Å². The Bertz CT molecular complexity index is 437. The molecule has 0 unspecified atom stereocenters. The van der Waals surface area contributed by atoms with Crippen LogP contribution in [0.5, 0.6) is 0 Å². The quantitative estimate of drug-likeness (QED) is 0.863. The summed E-state index contributed by atoms with van der Waals surface area (Å²) in [6.45, 7) is 4.95. The molecule has 0 saturated carbocycles. The minimum Gasteiger partial charge on any atom is -0.330 e. The third kappa shape index (κ3) is 2.99. The van der Waals surface area contributed by atoms with Crippen molar-refractivity contribution in [2.75, 3.05) is 6.54 Å². The fourth-order valence-electron chi connectivity index (χ4n) is 2.29. The molecule has 18 heavy (non-hydrogen) atoms. The molecule has 1 nitrogen and oxygen atoms in total. The van der Waals surface area contributed by atoms with E-state index in [1.165, 1.54) is 22.3 Å². The number of aryl methyl sites for hydroxylation is 2. The summed E-state index contributed by atoms with van der Waals surface area (Å²) in [5, 5.41) is 0. The number of hydrogen-bond acceptors (Lipinski definition) is 1. The molecule has 0 aliphatic heterocycles. The summed E-state index contributed by atoms with van der Waals surface area (Å²) >= 11 is 0. The van der Waals surface area contributed by atoms with Crippen molar-refractivity contribution >= 4 is 0 Å². The summed E-state index contributed by atoms with van der Waals surface area (Å²) < 4.78 is 0. The second-order valence-corrected chi connectivity index (χ2v) is 4.95. The van der Waals surface area contributed by atoms with Crippen molar-refractivity contribution in [2.45, 2.75) is 26.2 Å². The van der Waals surface area contributed by atoms with Gasteiger partial charge in [0.05, 0.1) is 0 Å². The second-order valence-electron chi connectivity index (χ2n) is 4.95. The van der Waals surface area contributed by atoms with Crippen molar-refractivity contribution in [1.29, 1.82) is 0 Å². The highest BCUT2D eigenvalue weighted by Gasteiger charge is 2.12. The van der Waals surface area contributed by atoms with E-state index >= 15 is 0 Å². The molecule has 0 bridgehead atoms. The molecule has 0 atom stereocenters. The molecule has 0 heterocycles. The van der Waals surface area contributed by atoms with Crippen LogP contribution in [0.1, 0.15) is 34.6 Å². The van der Waals surface area contributed by atoms with Crippen LogP contribution in [0.3, 0.4) is 0 Å². The summed E-state index contributed by atoms with van der Waals surface area (Å²) in [7, 11) is 0. The van der Waals surface area contributed by atoms with Crippen LogP contribution in [0.25, 0.3) is 0 Å². The van der Waals surface area contributed by atoms with Crippen molar-refractivity contribution < 1.29 is 0 Å². The van der Waals surface area contributed by atoms with Gasteiger partial charge in [-0.3, -0.25) is 0 Å². The van der Waals surface area contributed by atoms with Crippen LogP contribution in [0.2, 0.25) is 0 Å². The van der Waals surface area contributed by atoms with Crippen LogP contribution >= 0.6 is 0 Å². The smallest absolute Gasteiger partial charge is 0.0101 e. The number of hydrogen-bond donors (Lipinski definition) is 1. The van der Waals surface area contributed by atoms with Crippen LogP contribution in [0, 0.1) is 13.8 Å². The van der Waals surface area contributed by atoms with Gasteiger partial charge >= 0.3 is 0 Å². The number of nitrogens with two attached hydrogens (primary N) is 1. The van der Waals surface area contributed by atoms with Gasteiger partial charge in [0.15, 0.2) is 0 Å². The minimum atomic E-state index is 0.413. The molecule has 2 aromatic rings. The van der Waals surface area contributed by atoms with Crippen molar-refractivity contribution in [3.63, 3.8) is 0 Å². The lowest BCUT2D eigenvalue weighted by Gasteiger charge is -2.17. The van der Waals surface area contributed by atoms with E-state index in [0.717, 1.165) is 6.42 Å². The first-order valence-electron chi connectivity index (χ1n) is 6.54. The monoisotopic (exact) mass is 239 g/mol. The molecule has 0 aromatic heterocycles. The third-order valence-corrected chi connectivity index (χ3v) is 3.41. The zero-order chi connectivity index (χ0) is 13.0. The van der Waals surface area contributed by atoms with Crippen LogP contribution in [-0.4, -0.2) is 6.54 Å². The van der Waals surface area contributed by atoms with Gasteiger partial charge in [0.2, 0.25) is 0 Å². The van der Waals surface area contributed by atoms with E-state index in [2.05, 4.69) is 62.4 Å². The largest absolute Gasteiger partial charge is 0.330 e. The van der Waals surface area contributed by atoms with Crippen molar-refractivity contribution in [3.05, 3.63) is 70.8 Å². The Balaban J connectivity index is 2.33. The molecule has 0 saturated heterocycles. The highest BCUT2D eigenvalue weighted by molar-refractivity contribution is 5.35. The molecule has 0 aliphatic carbocycles. The summed E-state index contributed by atoms with van der Waals surface area (Å²) in [5.41, 5.74) is 11.1. The third-order valence-electron chi connectivity index (χ3n) is 3.41. The Kier molecular flexibility index (Phi) is 4.16. The Morgan fingerprint density at radius 3 is 1.50 bits per heavy atom. The van der Waals surface area contributed by atoms with Crippen LogP contribution in [0.15, 0.2) is 48.5 Å².